The third kappa shape index (κ3) is 4.75. The van der Waals surface area contributed by atoms with Crippen LogP contribution in [0.15, 0.2) is 30.5 Å². The molecule has 150 valence electrons. The van der Waals surface area contributed by atoms with Crippen LogP contribution in [0.25, 0.3) is 11.1 Å². The third-order valence-corrected chi connectivity index (χ3v) is 4.53. The van der Waals surface area contributed by atoms with Crippen LogP contribution in [-0.4, -0.2) is 49.0 Å². The molecule has 1 fully saturated rings. The van der Waals surface area contributed by atoms with Crippen LogP contribution in [0, 0.1) is 11.6 Å². The standard InChI is InChI=1S/C20H22F2N2O4/c1-24(8-3-5-18(25)26)19-16(21)10-13(11-17(19)22)15-4-2-7-23-20(15)28-14-6-9-27-12-14/h2,4,7,10-11,14H,3,5-6,8-9,12H2,1H3,(H,25,26). The third-order valence-electron chi connectivity index (χ3n) is 4.53. The zero-order chi connectivity index (χ0) is 20.1. The van der Waals surface area contributed by atoms with E-state index in [1.54, 1.807) is 18.3 Å². The van der Waals surface area contributed by atoms with Crippen LogP contribution in [0.3, 0.4) is 0 Å². The summed E-state index contributed by atoms with van der Waals surface area (Å²) in [6.07, 6.45) is 2.39. The van der Waals surface area contributed by atoms with Crippen LogP contribution in [0.1, 0.15) is 19.3 Å². The van der Waals surface area contributed by atoms with Gasteiger partial charge in [-0.05, 0) is 36.2 Å². The second kappa shape index (κ2) is 8.97. The molecule has 3 rings (SSSR count). The van der Waals surface area contributed by atoms with Crippen LogP contribution >= 0.6 is 0 Å². The normalized spacial score (nSPS) is 16.2. The van der Waals surface area contributed by atoms with Gasteiger partial charge in [-0.25, -0.2) is 13.8 Å². The average molecular weight is 392 g/mol. The number of hydrogen-bond donors (Lipinski definition) is 1. The average Bonchev–Trinajstić information content (AvgIpc) is 3.14. The Labute approximate surface area is 161 Å². The molecule has 1 atom stereocenters. The number of aliphatic carboxylic acids is 1. The van der Waals surface area contributed by atoms with Crippen molar-refractivity contribution in [3.63, 3.8) is 0 Å². The predicted octanol–water partition coefficient (Wildman–Crippen LogP) is 3.50. The fraction of sp³-hybridized carbons (Fsp3) is 0.400. The van der Waals surface area contributed by atoms with Crippen molar-refractivity contribution in [3.05, 3.63) is 42.1 Å². The molecule has 6 nitrogen and oxygen atoms in total. The summed E-state index contributed by atoms with van der Waals surface area (Å²) in [4.78, 5) is 16.2. The Morgan fingerprint density at radius 1 is 1.39 bits per heavy atom. The van der Waals surface area contributed by atoms with Crippen molar-refractivity contribution in [2.75, 3.05) is 31.7 Å². The molecular weight excluding hydrogens is 370 g/mol. The minimum atomic E-state index is -0.943. The highest BCUT2D eigenvalue weighted by Gasteiger charge is 2.22. The number of ether oxygens (including phenoxy) is 2. The lowest BCUT2D eigenvalue weighted by molar-refractivity contribution is -0.137. The number of carbonyl (C=O) groups is 1. The summed E-state index contributed by atoms with van der Waals surface area (Å²) in [5.74, 6) is -2.10. The quantitative estimate of drug-likeness (QED) is 0.742. The fourth-order valence-electron chi connectivity index (χ4n) is 3.13. The monoisotopic (exact) mass is 392 g/mol. The van der Waals surface area contributed by atoms with Gasteiger partial charge in [-0.1, -0.05) is 0 Å². The molecule has 0 aliphatic carbocycles. The number of rotatable bonds is 8. The van der Waals surface area contributed by atoms with Gasteiger partial charge in [0.25, 0.3) is 0 Å². The summed E-state index contributed by atoms with van der Waals surface area (Å²) in [5.41, 5.74) is 0.622. The number of benzene rings is 1. The number of halogens is 2. The first-order chi connectivity index (χ1) is 13.5. The number of aromatic nitrogens is 1. The van der Waals surface area contributed by atoms with Crippen LogP contribution in [0.2, 0.25) is 0 Å². The molecule has 1 aliphatic rings. The van der Waals surface area contributed by atoms with E-state index in [1.165, 1.54) is 24.1 Å². The Balaban J connectivity index is 1.83. The Morgan fingerprint density at radius 2 is 2.14 bits per heavy atom. The lowest BCUT2D eigenvalue weighted by Crippen LogP contribution is -2.22. The van der Waals surface area contributed by atoms with Crippen LogP contribution < -0.4 is 9.64 Å². The molecule has 2 aromatic rings. The zero-order valence-corrected chi connectivity index (χ0v) is 15.5. The summed E-state index contributed by atoms with van der Waals surface area (Å²) in [5, 5.41) is 8.70. The molecule has 2 heterocycles. The number of pyridine rings is 1. The smallest absolute Gasteiger partial charge is 0.303 e. The van der Waals surface area contributed by atoms with Gasteiger partial charge in [-0.2, -0.15) is 0 Å². The molecule has 0 amide bonds. The second-order valence-corrected chi connectivity index (χ2v) is 6.67. The second-order valence-electron chi connectivity index (χ2n) is 6.67. The largest absolute Gasteiger partial charge is 0.481 e. The molecule has 1 saturated heterocycles. The van der Waals surface area contributed by atoms with Crippen molar-refractivity contribution in [1.82, 2.24) is 4.98 Å². The maximum absolute atomic E-state index is 14.7. The van der Waals surface area contributed by atoms with E-state index in [9.17, 15) is 13.6 Å². The van der Waals surface area contributed by atoms with Crippen molar-refractivity contribution in [3.8, 4) is 17.0 Å². The summed E-state index contributed by atoms with van der Waals surface area (Å²) < 4.78 is 40.5. The van der Waals surface area contributed by atoms with E-state index in [4.69, 9.17) is 14.6 Å². The Bertz CT molecular complexity index is 818. The van der Waals surface area contributed by atoms with E-state index in [2.05, 4.69) is 4.98 Å². The summed E-state index contributed by atoms with van der Waals surface area (Å²) in [6, 6.07) is 5.85. The van der Waals surface area contributed by atoms with E-state index >= 15 is 0 Å². The van der Waals surface area contributed by atoms with Gasteiger partial charge in [0.2, 0.25) is 5.88 Å². The molecule has 0 spiro atoms. The molecule has 8 heteroatoms. The van der Waals surface area contributed by atoms with Crippen molar-refractivity contribution in [1.29, 1.82) is 0 Å². The fourth-order valence-corrected chi connectivity index (χ4v) is 3.13. The van der Waals surface area contributed by atoms with Gasteiger partial charge in [-0.15, -0.1) is 0 Å². The molecule has 1 N–H and O–H groups in total. The first-order valence-electron chi connectivity index (χ1n) is 9.07. The molecule has 28 heavy (non-hydrogen) atoms. The van der Waals surface area contributed by atoms with Crippen molar-refractivity contribution in [2.24, 2.45) is 0 Å². The molecular formula is C20H22F2N2O4. The van der Waals surface area contributed by atoms with E-state index in [1.807, 2.05) is 0 Å². The van der Waals surface area contributed by atoms with E-state index in [0.29, 0.717) is 30.2 Å². The van der Waals surface area contributed by atoms with Gasteiger partial charge in [0.05, 0.1) is 13.2 Å². The number of carboxylic acid groups (broad SMARTS) is 1. The van der Waals surface area contributed by atoms with Crippen LogP contribution in [0.4, 0.5) is 14.5 Å². The minimum Gasteiger partial charge on any atom is -0.481 e. The number of hydrogen-bond acceptors (Lipinski definition) is 5. The van der Waals surface area contributed by atoms with Crippen LogP contribution in [-0.2, 0) is 9.53 Å². The zero-order valence-electron chi connectivity index (χ0n) is 15.5. The van der Waals surface area contributed by atoms with Gasteiger partial charge in [0, 0.05) is 38.2 Å². The first kappa shape index (κ1) is 20.0. The summed E-state index contributed by atoms with van der Waals surface area (Å²) in [6.45, 7) is 1.29. The van der Waals surface area contributed by atoms with Crippen molar-refractivity contribution in [2.45, 2.75) is 25.4 Å². The van der Waals surface area contributed by atoms with E-state index in [0.717, 1.165) is 6.42 Å². The van der Waals surface area contributed by atoms with Crippen molar-refractivity contribution >= 4 is 11.7 Å². The molecule has 0 bridgehead atoms. The highest BCUT2D eigenvalue weighted by Crippen LogP contribution is 2.34. The lowest BCUT2D eigenvalue weighted by Gasteiger charge is -2.21. The number of carboxylic acids is 1. The number of nitrogens with zero attached hydrogens (tertiary/aromatic N) is 2. The molecule has 1 aromatic carbocycles. The van der Waals surface area contributed by atoms with Gasteiger partial charge in [0.1, 0.15) is 23.4 Å². The van der Waals surface area contributed by atoms with Gasteiger partial charge < -0.3 is 19.5 Å². The topological polar surface area (TPSA) is 71.9 Å². The summed E-state index contributed by atoms with van der Waals surface area (Å²) in [7, 11) is 1.53. The van der Waals surface area contributed by atoms with Gasteiger partial charge in [-0.3, -0.25) is 4.79 Å². The Morgan fingerprint density at radius 3 is 2.79 bits per heavy atom. The maximum Gasteiger partial charge on any atom is 0.303 e. The summed E-state index contributed by atoms with van der Waals surface area (Å²) >= 11 is 0. The van der Waals surface area contributed by atoms with E-state index in [-0.39, 0.29) is 31.2 Å². The minimum absolute atomic E-state index is 0.0626. The molecule has 1 unspecified atom stereocenters. The van der Waals surface area contributed by atoms with Crippen LogP contribution in [0.5, 0.6) is 5.88 Å². The number of anilines is 1. The Hall–Kier alpha value is -2.74. The Kier molecular flexibility index (Phi) is 6.41. The highest BCUT2D eigenvalue weighted by molar-refractivity contribution is 5.71. The van der Waals surface area contributed by atoms with E-state index < -0.39 is 17.6 Å². The van der Waals surface area contributed by atoms with Gasteiger partial charge >= 0.3 is 5.97 Å². The maximum atomic E-state index is 14.7. The predicted molar refractivity (Wildman–Crippen MR) is 99.6 cm³/mol. The SMILES string of the molecule is CN(CCCC(=O)O)c1c(F)cc(-c2cccnc2OC2CCOC2)cc1F. The first-order valence-corrected chi connectivity index (χ1v) is 9.07. The molecule has 0 radical (unpaired) electrons. The van der Waals surface area contributed by atoms with Crippen molar-refractivity contribution < 1.29 is 28.2 Å². The molecule has 1 aliphatic heterocycles. The van der Waals surface area contributed by atoms with Gasteiger partial charge in [0.15, 0.2) is 0 Å². The lowest BCUT2D eigenvalue weighted by atomic mass is 10.1. The highest BCUT2D eigenvalue weighted by atomic mass is 19.1. The molecule has 1 aromatic heterocycles. The molecule has 0 saturated carbocycles.